The lowest BCUT2D eigenvalue weighted by molar-refractivity contribution is -0.384. The number of benzene rings is 2. The predicted molar refractivity (Wildman–Crippen MR) is 147 cm³/mol. The van der Waals surface area contributed by atoms with Gasteiger partial charge in [0.15, 0.2) is 4.80 Å². The normalized spacial score (nSPS) is 15.2. The van der Waals surface area contributed by atoms with E-state index in [0.29, 0.717) is 42.7 Å². The molecule has 4 aromatic rings. The molecule has 1 aliphatic heterocycles. The van der Waals surface area contributed by atoms with E-state index in [1.807, 2.05) is 6.92 Å². The third-order valence-corrected chi connectivity index (χ3v) is 7.54. The van der Waals surface area contributed by atoms with Crippen LogP contribution in [-0.4, -0.2) is 22.1 Å². The van der Waals surface area contributed by atoms with Gasteiger partial charge in [-0.1, -0.05) is 41.1 Å². The molecule has 9 nitrogen and oxygen atoms in total. The summed E-state index contributed by atoms with van der Waals surface area (Å²) in [4.78, 5) is 42.4. The van der Waals surface area contributed by atoms with E-state index >= 15 is 0 Å². The van der Waals surface area contributed by atoms with Gasteiger partial charge >= 0.3 is 5.97 Å². The molecule has 39 heavy (non-hydrogen) atoms. The van der Waals surface area contributed by atoms with Crippen molar-refractivity contribution in [3.8, 4) is 11.3 Å². The van der Waals surface area contributed by atoms with E-state index in [1.54, 1.807) is 62.4 Å². The second-order valence-corrected chi connectivity index (χ2v) is 10.3. The summed E-state index contributed by atoms with van der Waals surface area (Å²) < 4.78 is 13.1. The summed E-state index contributed by atoms with van der Waals surface area (Å²) in [5, 5.41) is 11.8. The van der Waals surface area contributed by atoms with Crippen LogP contribution in [0, 0.1) is 17.0 Å². The Hall–Kier alpha value is -4.28. The SMILES string of the molecule is CCOC(=O)C1=C(C)N=c2s/c(=C\c3ccc(-c4cc([N+](=O)[O-])ccc4C)o3)c(=O)n2[C@@H]1c1ccc(Cl)cc1. The molecule has 0 spiro atoms. The molecule has 0 unspecified atom stereocenters. The number of fused-ring (bicyclic) bond motifs is 1. The summed E-state index contributed by atoms with van der Waals surface area (Å²) in [6, 6.07) is 14.1. The number of aryl methyl sites for hydroxylation is 1. The minimum absolute atomic E-state index is 0.0446. The number of hydrogen-bond acceptors (Lipinski definition) is 8. The van der Waals surface area contributed by atoms with Crippen molar-refractivity contribution < 1.29 is 18.9 Å². The lowest BCUT2D eigenvalue weighted by Crippen LogP contribution is -2.39. The fourth-order valence-corrected chi connectivity index (χ4v) is 5.60. The third kappa shape index (κ3) is 4.96. The van der Waals surface area contributed by atoms with Crippen LogP contribution < -0.4 is 14.9 Å². The highest BCUT2D eigenvalue weighted by atomic mass is 35.5. The van der Waals surface area contributed by atoms with Crippen molar-refractivity contribution in [2.24, 2.45) is 4.99 Å². The maximum atomic E-state index is 13.7. The van der Waals surface area contributed by atoms with Gasteiger partial charge in [0.25, 0.3) is 11.2 Å². The second kappa shape index (κ2) is 10.5. The van der Waals surface area contributed by atoms with Gasteiger partial charge in [0.1, 0.15) is 11.5 Å². The maximum Gasteiger partial charge on any atom is 0.338 e. The van der Waals surface area contributed by atoms with E-state index in [2.05, 4.69) is 4.99 Å². The van der Waals surface area contributed by atoms with Crippen molar-refractivity contribution in [3.05, 3.63) is 118 Å². The molecule has 0 saturated heterocycles. The number of carbonyl (C=O) groups is 1. The van der Waals surface area contributed by atoms with Crippen molar-refractivity contribution in [3.63, 3.8) is 0 Å². The fraction of sp³-hybridized carbons (Fsp3) is 0.179. The molecule has 0 aliphatic carbocycles. The Morgan fingerprint density at radius 1 is 1.21 bits per heavy atom. The van der Waals surface area contributed by atoms with Crippen LogP contribution in [0.25, 0.3) is 17.4 Å². The molecule has 5 rings (SSSR count). The highest BCUT2D eigenvalue weighted by Crippen LogP contribution is 2.32. The standard InChI is InChI=1S/C28H22ClN3O6S/c1-4-37-27(34)24-16(3)30-28-31(25(24)17-6-8-18(29)9-7-17)26(33)23(39-28)14-20-11-12-22(38-20)21-13-19(32(35)36)10-5-15(21)2/h5-14,25H,4H2,1-3H3/b23-14-/t25-/m1/s1. The number of ether oxygens (including phenoxy) is 1. The van der Waals surface area contributed by atoms with Gasteiger partial charge in [0.2, 0.25) is 0 Å². The quantitative estimate of drug-likeness (QED) is 0.186. The highest BCUT2D eigenvalue weighted by molar-refractivity contribution is 7.07. The molecule has 1 aliphatic rings. The van der Waals surface area contributed by atoms with E-state index in [1.165, 1.54) is 28.0 Å². The van der Waals surface area contributed by atoms with Crippen LogP contribution in [-0.2, 0) is 9.53 Å². The number of hydrogen-bond donors (Lipinski definition) is 0. The first-order chi connectivity index (χ1) is 18.7. The Bertz CT molecular complexity index is 1830. The van der Waals surface area contributed by atoms with E-state index in [0.717, 1.165) is 5.56 Å². The molecule has 0 fully saturated rings. The van der Waals surface area contributed by atoms with Gasteiger partial charge in [0, 0.05) is 28.8 Å². The summed E-state index contributed by atoms with van der Waals surface area (Å²) in [5.74, 6) is 0.288. The first-order valence-corrected chi connectivity index (χ1v) is 13.2. The van der Waals surface area contributed by atoms with Crippen molar-refractivity contribution >= 4 is 40.7 Å². The first-order valence-electron chi connectivity index (χ1n) is 12.0. The molecule has 11 heteroatoms. The Morgan fingerprint density at radius 3 is 2.64 bits per heavy atom. The Balaban J connectivity index is 1.62. The molecule has 2 aromatic heterocycles. The van der Waals surface area contributed by atoms with Crippen molar-refractivity contribution in [2.75, 3.05) is 6.61 Å². The zero-order valence-electron chi connectivity index (χ0n) is 21.1. The number of esters is 1. The summed E-state index contributed by atoms with van der Waals surface area (Å²) in [5.41, 5.74) is 2.43. The van der Waals surface area contributed by atoms with E-state index in [-0.39, 0.29) is 23.4 Å². The first kappa shape index (κ1) is 26.3. The molecule has 2 aromatic carbocycles. The van der Waals surface area contributed by atoms with Gasteiger partial charge in [-0.25, -0.2) is 9.79 Å². The summed E-state index contributed by atoms with van der Waals surface area (Å²) in [6.45, 7) is 5.44. The molecule has 0 saturated carbocycles. The van der Waals surface area contributed by atoms with Crippen LogP contribution in [0.15, 0.2) is 80.1 Å². The second-order valence-electron chi connectivity index (χ2n) is 8.81. The minimum Gasteiger partial charge on any atom is -0.463 e. The Labute approximate surface area is 231 Å². The van der Waals surface area contributed by atoms with Crippen LogP contribution in [0.5, 0.6) is 0 Å². The van der Waals surface area contributed by atoms with Crippen LogP contribution in [0.3, 0.4) is 0 Å². The van der Waals surface area contributed by atoms with Crippen LogP contribution >= 0.6 is 22.9 Å². The fourth-order valence-electron chi connectivity index (χ4n) is 4.45. The van der Waals surface area contributed by atoms with Gasteiger partial charge in [-0.15, -0.1) is 0 Å². The number of furan rings is 1. The number of nitrogens with zero attached hydrogens (tertiary/aromatic N) is 3. The monoisotopic (exact) mass is 563 g/mol. The summed E-state index contributed by atoms with van der Waals surface area (Å²) in [6.07, 6.45) is 1.60. The maximum absolute atomic E-state index is 13.7. The van der Waals surface area contributed by atoms with Gasteiger partial charge in [0.05, 0.1) is 33.4 Å². The van der Waals surface area contributed by atoms with Crippen LogP contribution in [0.4, 0.5) is 5.69 Å². The molecule has 0 bridgehead atoms. The topological polar surface area (TPSA) is 117 Å². The van der Waals surface area contributed by atoms with Gasteiger partial charge < -0.3 is 9.15 Å². The smallest absolute Gasteiger partial charge is 0.338 e. The van der Waals surface area contributed by atoms with Crippen molar-refractivity contribution in [1.29, 1.82) is 0 Å². The van der Waals surface area contributed by atoms with Crippen LogP contribution in [0.1, 0.15) is 36.8 Å². The average Bonchev–Trinajstić information content (AvgIpc) is 3.48. The number of carbonyl (C=O) groups excluding carboxylic acids is 1. The summed E-state index contributed by atoms with van der Waals surface area (Å²) >= 11 is 7.27. The van der Waals surface area contributed by atoms with Gasteiger partial charge in [-0.2, -0.15) is 0 Å². The number of nitro benzene ring substituents is 1. The zero-order valence-corrected chi connectivity index (χ0v) is 22.7. The molecule has 3 heterocycles. The molecule has 198 valence electrons. The number of rotatable bonds is 6. The third-order valence-electron chi connectivity index (χ3n) is 6.30. The molecule has 0 amide bonds. The van der Waals surface area contributed by atoms with E-state index in [4.69, 9.17) is 20.8 Å². The highest BCUT2D eigenvalue weighted by Gasteiger charge is 2.33. The number of halogens is 1. The summed E-state index contributed by atoms with van der Waals surface area (Å²) in [7, 11) is 0. The predicted octanol–water partition coefficient (Wildman–Crippen LogP) is 4.93. The zero-order chi connectivity index (χ0) is 27.8. The van der Waals surface area contributed by atoms with Crippen molar-refractivity contribution in [2.45, 2.75) is 26.8 Å². The van der Waals surface area contributed by atoms with E-state index < -0.39 is 16.9 Å². The Kier molecular flexibility index (Phi) is 7.07. The number of nitro groups is 1. The molecular formula is C28H22ClN3O6S. The molecule has 0 N–H and O–H groups in total. The number of allylic oxidation sites excluding steroid dienone is 1. The largest absolute Gasteiger partial charge is 0.463 e. The van der Waals surface area contributed by atoms with Gasteiger partial charge in [-0.05, 0) is 56.2 Å². The minimum atomic E-state index is -0.751. The van der Waals surface area contributed by atoms with E-state index in [9.17, 15) is 19.7 Å². The molecular weight excluding hydrogens is 542 g/mol. The van der Waals surface area contributed by atoms with Crippen LogP contribution in [0.2, 0.25) is 5.02 Å². The van der Waals surface area contributed by atoms with Gasteiger partial charge in [-0.3, -0.25) is 19.5 Å². The lowest BCUT2D eigenvalue weighted by Gasteiger charge is -2.24. The number of thiazole rings is 1. The van der Waals surface area contributed by atoms with Crippen molar-refractivity contribution in [1.82, 2.24) is 4.57 Å². The average molecular weight is 564 g/mol. The number of non-ortho nitro benzene ring substituents is 1. The molecule has 1 atom stereocenters. The number of aromatic nitrogens is 1. The Morgan fingerprint density at radius 2 is 1.95 bits per heavy atom. The lowest BCUT2D eigenvalue weighted by atomic mass is 9.96. The molecule has 0 radical (unpaired) electrons.